The Morgan fingerprint density at radius 3 is 3.00 bits per heavy atom. The first kappa shape index (κ1) is 7.55. The molecule has 0 fully saturated rings. The number of hydrogen-bond acceptors (Lipinski definition) is 1. The van der Waals surface area contributed by atoms with Crippen molar-refractivity contribution < 1.29 is 0 Å². The minimum atomic E-state index is 0.749. The van der Waals surface area contributed by atoms with E-state index in [1.165, 1.54) is 0 Å². The maximum atomic E-state index is 5.72. The summed E-state index contributed by atoms with van der Waals surface area (Å²) >= 11 is 5.72. The zero-order valence-corrected chi connectivity index (χ0v) is 6.43. The third-order valence-corrected chi connectivity index (χ3v) is 1.45. The summed E-state index contributed by atoms with van der Waals surface area (Å²) < 4.78 is 0. The van der Waals surface area contributed by atoms with Crippen LogP contribution in [-0.4, -0.2) is 4.98 Å². The SMILES string of the molecule is [CH2]CCc1cc(Cl)ccn1. The second-order valence-electron chi connectivity index (χ2n) is 2.07. The molecule has 1 radical (unpaired) electrons. The molecule has 53 valence electrons. The van der Waals surface area contributed by atoms with Gasteiger partial charge in [0.05, 0.1) is 0 Å². The lowest BCUT2D eigenvalue weighted by Crippen LogP contribution is -1.86. The Bertz CT molecular complexity index is 210. The van der Waals surface area contributed by atoms with Crippen molar-refractivity contribution in [1.29, 1.82) is 0 Å². The highest BCUT2D eigenvalue weighted by Crippen LogP contribution is 2.08. The van der Waals surface area contributed by atoms with E-state index in [-0.39, 0.29) is 0 Å². The number of hydrogen-bond donors (Lipinski definition) is 0. The largest absolute Gasteiger partial charge is 0.261 e. The molecule has 0 aliphatic rings. The van der Waals surface area contributed by atoms with E-state index < -0.39 is 0 Å². The van der Waals surface area contributed by atoms with Crippen molar-refractivity contribution >= 4 is 11.6 Å². The van der Waals surface area contributed by atoms with Gasteiger partial charge in [-0.15, -0.1) is 0 Å². The van der Waals surface area contributed by atoms with E-state index in [4.69, 9.17) is 11.6 Å². The minimum Gasteiger partial charge on any atom is -0.261 e. The van der Waals surface area contributed by atoms with Crippen molar-refractivity contribution in [1.82, 2.24) is 4.98 Å². The van der Waals surface area contributed by atoms with E-state index in [1.807, 2.05) is 6.07 Å². The van der Waals surface area contributed by atoms with Crippen molar-refractivity contribution in [3.63, 3.8) is 0 Å². The van der Waals surface area contributed by atoms with Gasteiger partial charge in [-0.05, 0) is 25.0 Å². The molecule has 1 nitrogen and oxygen atoms in total. The van der Waals surface area contributed by atoms with Gasteiger partial charge in [0.2, 0.25) is 0 Å². The summed E-state index contributed by atoms with van der Waals surface area (Å²) in [6.07, 6.45) is 3.49. The van der Waals surface area contributed by atoms with Crippen LogP contribution in [0.4, 0.5) is 0 Å². The van der Waals surface area contributed by atoms with Crippen molar-refractivity contribution in [3.8, 4) is 0 Å². The van der Waals surface area contributed by atoms with Gasteiger partial charge in [0.25, 0.3) is 0 Å². The van der Waals surface area contributed by atoms with Crippen LogP contribution in [0.2, 0.25) is 5.02 Å². The fraction of sp³-hybridized carbons (Fsp3) is 0.250. The van der Waals surface area contributed by atoms with Gasteiger partial charge in [-0.3, -0.25) is 4.98 Å². The van der Waals surface area contributed by atoms with E-state index in [0.717, 1.165) is 23.6 Å². The first-order valence-corrected chi connectivity index (χ1v) is 3.60. The fourth-order valence-corrected chi connectivity index (χ4v) is 0.949. The van der Waals surface area contributed by atoms with Crippen LogP contribution in [0, 0.1) is 6.92 Å². The van der Waals surface area contributed by atoms with Crippen LogP contribution < -0.4 is 0 Å². The Hall–Kier alpha value is -0.560. The highest BCUT2D eigenvalue weighted by atomic mass is 35.5. The molecule has 0 bridgehead atoms. The Balaban J connectivity index is 2.75. The van der Waals surface area contributed by atoms with E-state index in [2.05, 4.69) is 11.9 Å². The summed E-state index contributed by atoms with van der Waals surface area (Å²) in [7, 11) is 0. The molecule has 1 aromatic heterocycles. The Morgan fingerprint density at radius 2 is 2.40 bits per heavy atom. The van der Waals surface area contributed by atoms with Crippen LogP contribution in [0.1, 0.15) is 12.1 Å². The molecule has 0 aliphatic heterocycles. The molecule has 0 amide bonds. The molecule has 10 heavy (non-hydrogen) atoms. The molecule has 0 aliphatic carbocycles. The van der Waals surface area contributed by atoms with E-state index >= 15 is 0 Å². The van der Waals surface area contributed by atoms with Crippen LogP contribution in [-0.2, 0) is 6.42 Å². The molecular weight excluding hydrogens is 146 g/mol. The first-order valence-electron chi connectivity index (χ1n) is 3.22. The highest BCUT2D eigenvalue weighted by Gasteiger charge is 1.91. The second kappa shape index (κ2) is 3.57. The number of pyridine rings is 1. The number of nitrogens with zero attached hydrogens (tertiary/aromatic N) is 1. The fourth-order valence-electron chi connectivity index (χ4n) is 0.767. The van der Waals surface area contributed by atoms with Crippen LogP contribution in [0.25, 0.3) is 0 Å². The quantitative estimate of drug-likeness (QED) is 0.638. The normalized spacial score (nSPS) is 9.80. The van der Waals surface area contributed by atoms with Gasteiger partial charge >= 0.3 is 0 Å². The van der Waals surface area contributed by atoms with Gasteiger partial charge in [0.1, 0.15) is 0 Å². The number of rotatable bonds is 2. The molecule has 1 heterocycles. The van der Waals surface area contributed by atoms with Gasteiger partial charge in [-0.2, -0.15) is 0 Å². The monoisotopic (exact) mass is 154 g/mol. The summed E-state index contributed by atoms with van der Waals surface area (Å²) in [6.45, 7) is 3.73. The molecule has 0 spiro atoms. The Kier molecular flexibility index (Phi) is 2.69. The summed E-state index contributed by atoms with van der Waals surface area (Å²) in [5.74, 6) is 0. The Labute approximate surface area is 66.0 Å². The second-order valence-corrected chi connectivity index (χ2v) is 2.51. The van der Waals surface area contributed by atoms with Crippen molar-refractivity contribution in [3.05, 3.63) is 36.0 Å². The molecule has 0 saturated carbocycles. The first-order chi connectivity index (χ1) is 4.83. The third-order valence-electron chi connectivity index (χ3n) is 1.21. The standard InChI is InChI=1S/C8H9ClN/c1-2-3-8-6-7(9)4-5-10-8/h4-6H,1-3H2. The number of halogens is 1. The maximum absolute atomic E-state index is 5.72. The lowest BCUT2D eigenvalue weighted by atomic mass is 10.2. The summed E-state index contributed by atoms with van der Waals surface area (Å²) in [5.41, 5.74) is 1.02. The predicted molar refractivity (Wildman–Crippen MR) is 42.9 cm³/mol. The van der Waals surface area contributed by atoms with E-state index in [9.17, 15) is 0 Å². The average molecular weight is 155 g/mol. The summed E-state index contributed by atoms with van der Waals surface area (Å²) in [4.78, 5) is 4.10. The molecule has 0 N–H and O–H groups in total. The van der Waals surface area contributed by atoms with Gasteiger partial charge in [0.15, 0.2) is 0 Å². The molecule has 0 atom stereocenters. The smallest absolute Gasteiger partial charge is 0.0439 e. The maximum Gasteiger partial charge on any atom is 0.0439 e. The zero-order chi connectivity index (χ0) is 7.40. The molecular formula is C8H9ClN. The van der Waals surface area contributed by atoms with Crippen LogP contribution in [0.5, 0.6) is 0 Å². The van der Waals surface area contributed by atoms with Gasteiger partial charge in [-0.1, -0.05) is 18.5 Å². The summed E-state index contributed by atoms with van der Waals surface area (Å²) in [6, 6.07) is 3.64. The average Bonchev–Trinajstić information content (AvgIpc) is 1.88. The number of aromatic nitrogens is 1. The molecule has 0 unspecified atom stereocenters. The molecule has 0 saturated heterocycles. The van der Waals surface area contributed by atoms with E-state index in [0.29, 0.717) is 0 Å². The van der Waals surface area contributed by atoms with Crippen LogP contribution in [0.15, 0.2) is 18.3 Å². The molecule has 0 aromatic carbocycles. The van der Waals surface area contributed by atoms with Gasteiger partial charge in [-0.25, -0.2) is 0 Å². The molecule has 2 heteroatoms. The minimum absolute atomic E-state index is 0.749. The van der Waals surface area contributed by atoms with Crippen LogP contribution in [0.3, 0.4) is 0 Å². The molecule has 1 rings (SSSR count). The number of aryl methyl sites for hydroxylation is 1. The van der Waals surface area contributed by atoms with Crippen LogP contribution >= 0.6 is 11.6 Å². The molecule has 1 aromatic rings. The topological polar surface area (TPSA) is 12.9 Å². The zero-order valence-electron chi connectivity index (χ0n) is 5.68. The van der Waals surface area contributed by atoms with Gasteiger partial charge < -0.3 is 0 Å². The van der Waals surface area contributed by atoms with Gasteiger partial charge in [0, 0.05) is 16.9 Å². The lowest BCUT2D eigenvalue weighted by molar-refractivity contribution is 0.942. The third kappa shape index (κ3) is 1.99. The predicted octanol–water partition coefficient (Wildman–Crippen LogP) is 2.50. The highest BCUT2D eigenvalue weighted by molar-refractivity contribution is 6.30. The summed E-state index contributed by atoms with van der Waals surface area (Å²) in [5, 5.41) is 0.749. The Morgan fingerprint density at radius 1 is 1.60 bits per heavy atom. The van der Waals surface area contributed by atoms with E-state index in [1.54, 1.807) is 12.3 Å². The van der Waals surface area contributed by atoms with Crippen molar-refractivity contribution in [2.75, 3.05) is 0 Å². The van der Waals surface area contributed by atoms with Crippen molar-refractivity contribution in [2.24, 2.45) is 0 Å². The lowest BCUT2D eigenvalue weighted by Gasteiger charge is -1.95. The van der Waals surface area contributed by atoms with Crippen molar-refractivity contribution in [2.45, 2.75) is 12.8 Å².